The van der Waals surface area contributed by atoms with Gasteiger partial charge in [0.2, 0.25) is 5.71 Å². The van der Waals surface area contributed by atoms with Crippen molar-refractivity contribution in [1.82, 2.24) is 4.90 Å². The van der Waals surface area contributed by atoms with Crippen LogP contribution in [0.15, 0.2) is 78.9 Å². The molecule has 35 heavy (non-hydrogen) atoms. The first kappa shape index (κ1) is 28.1. The smallest absolute Gasteiger partial charge is 0.418 e. The zero-order valence-electron chi connectivity index (χ0n) is 20.7. The van der Waals surface area contributed by atoms with Gasteiger partial charge in [-0.1, -0.05) is 65.8 Å². The van der Waals surface area contributed by atoms with Crippen molar-refractivity contribution < 1.29 is 26.6 Å². The summed E-state index contributed by atoms with van der Waals surface area (Å²) in [6.45, 7) is 7.66. The van der Waals surface area contributed by atoms with Gasteiger partial charge >= 0.3 is 7.25 Å². The Kier molecular flexibility index (Phi) is 11.0. The van der Waals surface area contributed by atoms with Gasteiger partial charge in [0.25, 0.3) is 0 Å². The number of morpholine rings is 1. The summed E-state index contributed by atoms with van der Waals surface area (Å²) in [4.78, 5) is 2.41. The fraction of sp³-hybridized carbons (Fsp3) is 0.296. The molecule has 1 aliphatic heterocycles. The van der Waals surface area contributed by atoms with E-state index in [4.69, 9.17) is 4.74 Å². The quantitative estimate of drug-likeness (QED) is 0.159. The minimum Gasteiger partial charge on any atom is -0.418 e. The van der Waals surface area contributed by atoms with E-state index in [9.17, 15) is 17.3 Å². The van der Waals surface area contributed by atoms with E-state index >= 15 is 0 Å². The number of nitrogens with zero attached hydrogens (tertiary/aromatic N) is 2. The van der Waals surface area contributed by atoms with Gasteiger partial charge in [-0.25, -0.2) is 4.58 Å². The third-order valence-corrected chi connectivity index (χ3v) is 5.26. The van der Waals surface area contributed by atoms with Crippen LogP contribution in [0.3, 0.4) is 0 Å². The van der Waals surface area contributed by atoms with E-state index < -0.39 is 7.25 Å². The number of allylic oxidation sites excluding steroid dienone is 5. The second-order valence-electron chi connectivity index (χ2n) is 8.40. The fourth-order valence-electron chi connectivity index (χ4n) is 3.50. The highest BCUT2D eigenvalue weighted by Crippen LogP contribution is 2.21. The van der Waals surface area contributed by atoms with Crippen LogP contribution >= 0.6 is 0 Å². The van der Waals surface area contributed by atoms with Gasteiger partial charge in [-0.05, 0) is 37.6 Å². The predicted molar refractivity (Wildman–Crippen MR) is 137 cm³/mol. The Bertz CT molecular complexity index is 1040. The van der Waals surface area contributed by atoms with Crippen LogP contribution in [0, 0.1) is 13.8 Å². The average molecular weight is 488 g/mol. The van der Waals surface area contributed by atoms with Gasteiger partial charge in [0, 0.05) is 30.4 Å². The van der Waals surface area contributed by atoms with Crippen LogP contribution in [0.25, 0.3) is 5.70 Å². The monoisotopic (exact) mass is 488 g/mol. The first-order valence-electron chi connectivity index (χ1n) is 11.5. The number of hydrogen-bond donors (Lipinski definition) is 0. The lowest BCUT2D eigenvalue weighted by molar-refractivity contribution is -0.463. The average Bonchev–Trinajstić information content (AvgIpc) is 2.80. The Labute approximate surface area is 205 Å². The van der Waals surface area contributed by atoms with E-state index in [1.807, 2.05) is 0 Å². The molecule has 0 N–H and O–H groups in total. The number of halogens is 4. The van der Waals surface area contributed by atoms with Crippen molar-refractivity contribution in [2.75, 3.05) is 40.4 Å². The maximum atomic E-state index is 9.75. The molecule has 0 bridgehead atoms. The third kappa shape index (κ3) is 10.8. The van der Waals surface area contributed by atoms with Gasteiger partial charge < -0.3 is 26.9 Å². The Morgan fingerprint density at radius 3 is 1.77 bits per heavy atom. The van der Waals surface area contributed by atoms with Crippen LogP contribution in [0.1, 0.15) is 22.3 Å². The molecule has 0 aromatic heterocycles. The molecule has 3 rings (SSSR count). The van der Waals surface area contributed by atoms with Gasteiger partial charge in [0.15, 0.2) is 0 Å². The lowest BCUT2D eigenvalue weighted by atomic mass is 10.1. The van der Waals surface area contributed by atoms with Crippen molar-refractivity contribution in [3.05, 3.63) is 101 Å². The lowest BCUT2D eigenvalue weighted by Gasteiger charge is -2.31. The molecule has 1 heterocycles. The minimum atomic E-state index is -6.00. The molecular weight excluding hydrogens is 455 g/mol. The maximum Gasteiger partial charge on any atom is 0.673 e. The predicted octanol–water partition coefficient (Wildman–Crippen LogP) is 6.15. The van der Waals surface area contributed by atoms with Crippen LogP contribution in [-0.4, -0.2) is 62.8 Å². The number of ether oxygens (including phenoxy) is 1. The third-order valence-electron chi connectivity index (χ3n) is 5.26. The van der Waals surface area contributed by atoms with E-state index in [0.717, 1.165) is 26.3 Å². The van der Waals surface area contributed by atoms with E-state index in [0.29, 0.717) is 0 Å². The lowest BCUT2D eigenvalue weighted by Crippen LogP contribution is -2.34. The van der Waals surface area contributed by atoms with Gasteiger partial charge in [-0.2, -0.15) is 0 Å². The molecule has 188 valence electrons. The molecule has 0 saturated carbocycles. The molecule has 0 spiro atoms. The standard InChI is InChI=1S/C27H33N2O.BF4/c1-22-10-14-24(15-11-22)26(28(3)4)8-6-5-7-9-27(29-18-20-30-21-19-29)25-16-12-23(2)13-17-25;2-1(3,4)5/h5-17H,18-21H2,1-4H3;/q+1;-1. The summed E-state index contributed by atoms with van der Waals surface area (Å²) in [5.41, 5.74) is 7.46. The Morgan fingerprint density at radius 1 is 0.800 bits per heavy atom. The molecule has 0 unspecified atom stereocenters. The summed E-state index contributed by atoms with van der Waals surface area (Å²) in [7, 11) is -1.84. The highest BCUT2D eigenvalue weighted by atomic mass is 19.5. The van der Waals surface area contributed by atoms with Crippen LogP contribution in [0.2, 0.25) is 0 Å². The highest BCUT2D eigenvalue weighted by molar-refractivity contribution is 6.50. The summed E-state index contributed by atoms with van der Waals surface area (Å²) in [6.07, 6.45) is 10.7. The summed E-state index contributed by atoms with van der Waals surface area (Å²) >= 11 is 0. The van der Waals surface area contributed by atoms with Crippen LogP contribution in [-0.2, 0) is 4.74 Å². The number of rotatable bonds is 6. The Hall–Kier alpha value is -3.13. The molecule has 2 aromatic rings. The van der Waals surface area contributed by atoms with Crippen molar-refractivity contribution in [1.29, 1.82) is 0 Å². The van der Waals surface area contributed by atoms with E-state index in [1.54, 1.807) is 0 Å². The van der Waals surface area contributed by atoms with Crippen molar-refractivity contribution in [3.63, 3.8) is 0 Å². The molecule has 1 saturated heterocycles. The minimum absolute atomic E-state index is 0.782. The van der Waals surface area contributed by atoms with Gasteiger partial charge in [-0.3, -0.25) is 0 Å². The van der Waals surface area contributed by atoms with Crippen LogP contribution in [0.4, 0.5) is 17.3 Å². The summed E-state index contributed by atoms with van der Waals surface area (Å²) in [6, 6.07) is 17.4. The zero-order chi connectivity index (χ0) is 25.8. The van der Waals surface area contributed by atoms with Gasteiger partial charge in [0.1, 0.15) is 14.1 Å². The number of aryl methyl sites for hydroxylation is 2. The maximum absolute atomic E-state index is 9.75. The highest BCUT2D eigenvalue weighted by Gasteiger charge is 2.20. The Morgan fingerprint density at radius 2 is 1.29 bits per heavy atom. The molecule has 0 amide bonds. The molecule has 1 fully saturated rings. The zero-order valence-corrected chi connectivity index (χ0v) is 20.7. The molecular formula is C27H33BF4N2O. The normalized spacial score (nSPS) is 14.7. The van der Waals surface area contributed by atoms with E-state index in [-0.39, 0.29) is 0 Å². The molecule has 0 atom stereocenters. The van der Waals surface area contributed by atoms with Crippen molar-refractivity contribution in [2.24, 2.45) is 0 Å². The second kappa shape index (κ2) is 13.7. The van der Waals surface area contributed by atoms with Gasteiger partial charge in [0.05, 0.1) is 13.2 Å². The molecule has 0 aliphatic carbocycles. The summed E-state index contributed by atoms with van der Waals surface area (Å²) in [5, 5.41) is 0. The first-order chi connectivity index (χ1) is 16.5. The topological polar surface area (TPSA) is 15.5 Å². The Balaban J connectivity index is 0.000000784. The van der Waals surface area contributed by atoms with Crippen molar-refractivity contribution >= 4 is 18.7 Å². The second-order valence-corrected chi connectivity index (χ2v) is 8.40. The largest absolute Gasteiger partial charge is 0.673 e. The van der Waals surface area contributed by atoms with E-state index in [1.165, 1.54) is 33.7 Å². The molecule has 1 aliphatic rings. The first-order valence-corrected chi connectivity index (χ1v) is 11.5. The fourth-order valence-corrected chi connectivity index (χ4v) is 3.50. The summed E-state index contributed by atoms with van der Waals surface area (Å²) in [5.74, 6) is 0. The van der Waals surface area contributed by atoms with Gasteiger partial charge in [-0.15, -0.1) is 0 Å². The van der Waals surface area contributed by atoms with Crippen molar-refractivity contribution in [2.45, 2.75) is 13.8 Å². The molecule has 2 aromatic carbocycles. The SMILES string of the molecule is Cc1ccc(C(/C=C/C=C/C=C(\c2ccc(C)cc2)N2CCOCC2)=[N+](C)C)cc1.F[B-](F)(F)F. The molecule has 3 nitrogen and oxygen atoms in total. The number of benzene rings is 2. The van der Waals surface area contributed by atoms with E-state index in [2.05, 4.69) is 116 Å². The summed E-state index contributed by atoms with van der Waals surface area (Å²) < 4.78 is 46.7. The molecule has 0 radical (unpaired) electrons. The van der Waals surface area contributed by atoms with Crippen LogP contribution < -0.4 is 0 Å². The van der Waals surface area contributed by atoms with Crippen molar-refractivity contribution in [3.8, 4) is 0 Å². The number of hydrogen-bond acceptors (Lipinski definition) is 2. The molecule has 8 heteroatoms. The van der Waals surface area contributed by atoms with Crippen LogP contribution in [0.5, 0.6) is 0 Å².